The summed E-state index contributed by atoms with van der Waals surface area (Å²) < 4.78 is 28.8. The van der Waals surface area contributed by atoms with Crippen molar-refractivity contribution in [1.29, 1.82) is 0 Å². The van der Waals surface area contributed by atoms with Crippen molar-refractivity contribution in [3.8, 4) is 0 Å². The molecule has 29 heavy (non-hydrogen) atoms. The molecule has 0 atom stereocenters. The number of hydrogen-bond donors (Lipinski definition) is 1. The zero-order chi connectivity index (χ0) is 20.7. The van der Waals surface area contributed by atoms with Crippen LogP contribution in [0.3, 0.4) is 0 Å². The van der Waals surface area contributed by atoms with Crippen molar-refractivity contribution >= 4 is 10.0 Å². The number of hydrogen-bond acceptors (Lipinski definition) is 2. The van der Waals surface area contributed by atoms with Gasteiger partial charge in [-0.2, -0.15) is 0 Å². The molecule has 3 aromatic rings. The quantitative estimate of drug-likeness (QED) is 0.539. The second-order valence-electron chi connectivity index (χ2n) is 7.06. The predicted octanol–water partition coefficient (Wildman–Crippen LogP) is 4.99. The molecule has 3 rings (SSSR count). The SMILES string of the molecule is C=C=CCC(CNS(=O)(=O)c1ccc(C)cc1)(c1ccccc1)c1ccccc1. The average Bonchev–Trinajstić information content (AvgIpc) is 2.76. The van der Waals surface area contributed by atoms with Gasteiger partial charge in [-0.25, -0.2) is 13.1 Å². The van der Waals surface area contributed by atoms with Gasteiger partial charge in [0.25, 0.3) is 0 Å². The van der Waals surface area contributed by atoms with E-state index in [4.69, 9.17) is 0 Å². The summed E-state index contributed by atoms with van der Waals surface area (Å²) in [5.74, 6) is 0. The normalized spacial score (nSPS) is 11.6. The topological polar surface area (TPSA) is 46.2 Å². The molecule has 1 N–H and O–H groups in total. The fourth-order valence-electron chi connectivity index (χ4n) is 3.46. The van der Waals surface area contributed by atoms with Gasteiger partial charge in [0, 0.05) is 12.0 Å². The van der Waals surface area contributed by atoms with Gasteiger partial charge >= 0.3 is 0 Å². The molecule has 0 unspecified atom stereocenters. The van der Waals surface area contributed by atoms with Crippen molar-refractivity contribution in [3.63, 3.8) is 0 Å². The molecule has 0 saturated heterocycles. The van der Waals surface area contributed by atoms with E-state index in [0.717, 1.165) is 16.7 Å². The van der Waals surface area contributed by atoms with E-state index in [0.29, 0.717) is 6.42 Å². The van der Waals surface area contributed by atoms with E-state index in [-0.39, 0.29) is 11.4 Å². The Balaban J connectivity index is 2.05. The van der Waals surface area contributed by atoms with Gasteiger partial charge in [0.2, 0.25) is 10.0 Å². The van der Waals surface area contributed by atoms with Crippen molar-refractivity contribution in [2.75, 3.05) is 6.54 Å². The lowest BCUT2D eigenvalue weighted by atomic mass is 9.72. The third-order valence-electron chi connectivity index (χ3n) is 5.14. The molecule has 4 heteroatoms. The summed E-state index contributed by atoms with van der Waals surface area (Å²) in [5.41, 5.74) is 5.35. The first-order valence-corrected chi connectivity index (χ1v) is 11.0. The first-order valence-electron chi connectivity index (χ1n) is 9.50. The highest BCUT2D eigenvalue weighted by molar-refractivity contribution is 7.89. The van der Waals surface area contributed by atoms with Gasteiger partial charge in [0.05, 0.1) is 4.90 Å². The van der Waals surface area contributed by atoms with E-state index in [1.165, 1.54) is 0 Å². The van der Waals surface area contributed by atoms with Crippen LogP contribution in [0.25, 0.3) is 0 Å². The molecule has 0 amide bonds. The molecule has 0 saturated carbocycles. The van der Waals surface area contributed by atoms with Gasteiger partial charge in [-0.15, -0.1) is 5.73 Å². The monoisotopic (exact) mass is 403 g/mol. The fourth-order valence-corrected chi connectivity index (χ4v) is 4.56. The van der Waals surface area contributed by atoms with Crippen LogP contribution in [0.2, 0.25) is 0 Å². The molecule has 0 bridgehead atoms. The minimum Gasteiger partial charge on any atom is -0.210 e. The summed E-state index contributed by atoms with van der Waals surface area (Å²) in [6.45, 7) is 5.85. The summed E-state index contributed by atoms with van der Waals surface area (Å²) in [7, 11) is -3.65. The van der Waals surface area contributed by atoms with Gasteiger partial charge in [0.15, 0.2) is 0 Å². The van der Waals surface area contributed by atoms with E-state index in [1.807, 2.05) is 73.7 Å². The largest absolute Gasteiger partial charge is 0.240 e. The number of nitrogens with one attached hydrogen (secondary N) is 1. The van der Waals surface area contributed by atoms with Crippen molar-refractivity contribution in [3.05, 3.63) is 120 Å². The van der Waals surface area contributed by atoms with Crippen LogP contribution in [0, 0.1) is 6.92 Å². The summed E-state index contributed by atoms with van der Waals surface area (Å²) in [6, 6.07) is 26.8. The number of allylic oxidation sites excluding steroid dienone is 1. The molecule has 0 aromatic heterocycles. The highest BCUT2D eigenvalue weighted by Crippen LogP contribution is 2.36. The van der Waals surface area contributed by atoms with Crippen LogP contribution < -0.4 is 4.72 Å². The highest BCUT2D eigenvalue weighted by Gasteiger charge is 2.34. The maximum atomic E-state index is 13.0. The summed E-state index contributed by atoms with van der Waals surface area (Å²) in [6.07, 6.45) is 2.43. The standard InChI is InChI=1S/C25H25NO2S/c1-3-4-19-25(22-11-7-5-8-12-22,23-13-9-6-10-14-23)20-26-29(27,28)24-17-15-21(2)16-18-24/h4-18,26H,1,19-20H2,2H3. The summed E-state index contributed by atoms with van der Waals surface area (Å²) in [4.78, 5) is 0.261. The van der Waals surface area contributed by atoms with Gasteiger partial charge in [-0.3, -0.25) is 0 Å². The van der Waals surface area contributed by atoms with Crippen LogP contribution in [0.1, 0.15) is 23.1 Å². The summed E-state index contributed by atoms with van der Waals surface area (Å²) >= 11 is 0. The molecule has 0 heterocycles. The molecule has 0 aliphatic rings. The molecule has 3 aromatic carbocycles. The molecule has 0 fully saturated rings. The smallest absolute Gasteiger partial charge is 0.210 e. The third kappa shape index (κ3) is 4.75. The number of rotatable bonds is 8. The van der Waals surface area contributed by atoms with Crippen LogP contribution in [0.15, 0.2) is 108 Å². The van der Waals surface area contributed by atoms with Gasteiger partial charge in [-0.05, 0) is 42.7 Å². The maximum Gasteiger partial charge on any atom is 0.240 e. The lowest BCUT2D eigenvalue weighted by Gasteiger charge is -2.34. The molecule has 0 spiro atoms. The van der Waals surface area contributed by atoms with E-state index >= 15 is 0 Å². The lowest BCUT2D eigenvalue weighted by molar-refractivity contribution is 0.499. The minimum atomic E-state index is -3.65. The molecule has 148 valence electrons. The second-order valence-corrected chi connectivity index (χ2v) is 8.83. The van der Waals surface area contributed by atoms with Crippen molar-refractivity contribution in [2.45, 2.75) is 23.7 Å². The zero-order valence-electron chi connectivity index (χ0n) is 16.5. The van der Waals surface area contributed by atoms with E-state index in [2.05, 4.69) is 17.0 Å². The molecule has 3 nitrogen and oxygen atoms in total. The van der Waals surface area contributed by atoms with Gasteiger partial charge in [0.1, 0.15) is 0 Å². The Bertz CT molecular complexity index is 1040. The Morgan fingerprint density at radius 2 is 1.41 bits per heavy atom. The lowest BCUT2D eigenvalue weighted by Crippen LogP contribution is -2.41. The molecule has 0 aliphatic heterocycles. The number of benzene rings is 3. The molecule has 0 aliphatic carbocycles. The number of sulfonamides is 1. The van der Waals surface area contributed by atoms with Gasteiger partial charge < -0.3 is 0 Å². The fraction of sp³-hybridized carbons (Fsp3) is 0.160. The molecular weight excluding hydrogens is 378 g/mol. The first kappa shape index (κ1) is 20.8. The van der Waals surface area contributed by atoms with Gasteiger partial charge in [-0.1, -0.05) is 84.9 Å². The van der Waals surface area contributed by atoms with Crippen LogP contribution in [0.5, 0.6) is 0 Å². The van der Waals surface area contributed by atoms with Crippen LogP contribution in [-0.2, 0) is 15.4 Å². The average molecular weight is 404 g/mol. The van der Waals surface area contributed by atoms with E-state index < -0.39 is 15.4 Å². The summed E-state index contributed by atoms with van der Waals surface area (Å²) in [5, 5.41) is 0. The zero-order valence-corrected chi connectivity index (χ0v) is 17.3. The molecule has 0 radical (unpaired) electrons. The Hall–Kier alpha value is -2.91. The Morgan fingerprint density at radius 1 is 0.897 bits per heavy atom. The Kier molecular flexibility index (Phi) is 6.50. The van der Waals surface area contributed by atoms with E-state index in [1.54, 1.807) is 24.3 Å². The van der Waals surface area contributed by atoms with Crippen molar-refractivity contribution in [2.24, 2.45) is 0 Å². The van der Waals surface area contributed by atoms with Crippen LogP contribution >= 0.6 is 0 Å². The van der Waals surface area contributed by atoms with Crippen LogP contribution in [-0.4, -0.2) is 15.0 Å². The second kappa shape index (κ2) is 9.06. The third-order valence-corrected chi connectivity index (χ3v) is 6.56. The Labute approximate surface area is 173 Å². The predicted molar refractivity (Wildman–Crippen MR) is 118 cm³/mol. The van der Waals surface area contributed by atoms with Crippen LogP contribution in [0.4, 0.5) is 0 Å². The Morgan fingerprint density at radius 3 is 1.90 bits per heavy atom. The minimum absolute atomic E-state index is 0.218. The maximum absolute atomic E-state index is 13.0. The highest BCUT2D eigenvalue weighted by atomic mass is 32.2. The number of aryl methyl sites for hydroxylation is 1. The van der Waals surface area contributed by atoms with E-state index in [9.17, 15) is 8.42 Å². The first-order chi connectivity index (χ1) is 14.0. The molecular formula is C25H25NO2S. The van der Waals surface area contributed by atoms with Crippen molar-refractivity contribution < 1.29 is 8.42 Å². The van der Waals surface area contributed by atoms with Crippen molar-refractivity contribution in [1.82, 2.24) is 4.72 Å².